The van der Waals surface area contributed by atoms with Gasteiger partial charge in [-0.1, -0.05) is 43.8 Å². The minimum Gasteiger partial charge on any atom is -0.315 e. The number of para-hydroxylation sites is 1. The summed E-state index contributed by atoms with van der Waals surface area (Å²) in [6.45, 7) is 4.22. The Morgan fingerprint density at radius 3 is 2.42 bits per heavy atom. The number of sulfone groups is 1. The van der Waals surface area contributed by atoms with Crippen LogP contribution >= 0.6 is 11.8 Å². The Bertz CT molecular complexity index is 853. The van der Waals surface area contributed by atoms with Crippen LogP contribution in [0.2, 0.25) is 0 Å². The van der Waals surface area contributed by atoms with Gasteiger partial charge in [0.25, 0.3) is 5.91 Å². The maximum Gasteiger partial charge on any atom is 0.251 e. The Kier molecular flexibility index (Phi) is 4.63. The summed E-state index contributed by atoms with van der Waals surface area (Å²) in [6.07, 6.45) is 3.57. The predicted molar refractivity (Wildman–Crippen MR) is 107 cm³/mol. The highest BCUT2D eigenvalue weighted by Crippen LogP contribution is 2.44. The molecule has 0 aromatic heterocycles. The number of amidine groups is 1. The number of fused-ring (bicyclic) bond motifs is 1. The number of nitrogens with zero attached hydrogens (tertiary/aromatic N) is 2. The maximum atomic E-state index is 12.3. The highest BCUT2D eigenvalue weighted by Gasteiger charge is 2.50. The molecule has 3 aliphatic rings. The van der Waals surface area contributed by atoms with Gasteiger partial charge in [0.1, 0.15) is 0 Å². The maximum absolute atomic E-state index is 12.3. The summed E-state index contributed by atoms with van der Waals surface area (Å²) in [7, 11) is -3.04. The van der Waals surface area contributed by atoms with Crippen LogP contribution in [-0.2, 0) is 27.5 Å². The molecule has 2 aliphatic heterocycles. The Morgan fingerprint density at radius 2 is 1.85 bits per heavy atom. The highest BCUT2D eigenvalue weighted by atomic mass is 32.2. The summed E-state index contributed by atoms with van der Waals surface area (Å²) in [5.74, 6) is 0.335. The van der Waals surface area contributed by atoms with Gasteiger partial charge in [-0.25, -0.2) is 8.42 Å². The summed E-state index contributed by atoms with van der Waals surface area (Å²) >= 11 is 1.47. The van der Waals surface area contributed by atoms with Crippen LogP contribution in [0, 0.1) is 5.92 Å². The van der Waals surface area contributed by atoms with E-state index in [2.05, 4.69) is 41.9 Å². The standard InChI is InChI=1S/C19H24N2O3S2/c1-3-12-6-5-7-13(4-2)17(12)21-15-10-26(23,24)11-16(15)25-19(21)20-18(22)14-8-9-14/h5-7,14-16H,3-4,8-11H2,1-2H3/t15-,16+/m0/s1. The number of carbonyl (C=O) groups is 1. The molecular weight excluding hydrogens is 368 g/mol. The first-order valence-electron chi connectivity index (χ1n) is 9.33. The summed E-state index contributed by atoms with van der Waals surface area (Å²) < 4.78 is 24.5. The first kappa shape index (κ1) is 18.0. The second kappa shape index (κ2) is 6.68. The molecule has 5 nitrogen and oxygen atoms in total. The van der Waals surface area contributed by atoms with E-state index in [9.17, 15) is 13.2 Å². The number of benzene rings is 1. The molecule has 0 spiro atoms. The van der Waals surface area contributed by atoms with Gasteiger partial charge in [0, 0.05) is 16.9 Å². The van der Waals surface area contributed by atoms with Gasteiger partial charge in [0.05, 0.1) is 17.5 Å². The lowest BCUT2D eigenvalue weighted by molar-refractivity contribution is -0.118. The average molecular weight is 393 g/mol. The number of anilines is 1. The Balaban J connectivity index is 1.82. The van der Waals surface area contributed by atoms with Crippen LogP contribution in [0.4, 0.5) is 5.69 Å². The molecule has 0 radical (unpaired) electrons. The average Bonchev–Trinajstić information content (AvgIpc) is 3.35. The molecule has 140 valence electrons. The third-order valence-corrected chi connectivity index (χ3v) is 8.61. The van der Waals surface area contributed by atoms with E-state index in [1.807, 2.05) is 0 Å². The van der Waals surface area contributed by atoms with Gasteiger partial charge >= 0.3 is 0 Å². The molecule has 1 aliphatic carbocycles. The van der Waals surface area contributed by atoms with Crippen LogP contribution in [0.3, 0.4) is 0 Å². The molecule has 2 heterocycles. The van der Waals surface area contributed by atoms with E-state index in [-0.39, 0.29) is 34.6 Å². The monoisotopic (exact) mass is 392 g/mol. The fourth-order valence-electron chi connectivity index (χ4n) is 3.87. The van der Waals surface area contributed by atoms with Crippen molar-refractivity contribution in [1.82, 2.24) is 0 Å². The van der Waals surface area contributed by atoms with E-state index < -0.39 is 9.84 Å². The first-order chi connectivity index (χ1) is 12.4. The van der Waals surface area contributed by atoms with E-state index in [1.54, 1.807) is 0 Å². The first-order valence-corrected chi connectivity index (χ1v) is 12.0. The van der Waals surface area contributed by atoms with Crippen LogP contribution in [-0.4, -0.2) is 42.3 Å². The molecule has 26 heavy (non-hydrogen) atoms. The quantitative estimate of drug-likeness (QED) is 0.788. The minimum atomic E-state index is -3.04. The molecule has 2 atom stereocenters. The van der Waals surface area contributed by atoms with Crippen molar-refractivity contribution in [1.29, 1.82) is 0 Å². The Hall–Kier alpha value is -1.34. The summed E-state index contributed by atoms with van der Waals surface area (Å²) in [4.78, 5) is 18.9. The van der Waals surface area contributed by atoms with Crippen molar-refractivity contribution in [2.24, 2.45) is 10.9 Å². The lowest BCUT2D eigenvalue weighted by Gasteiger charge is -2.29. The molecule has 0 unspecified atom stereocenters. The number of hydrogen-bond acceptors (Lipinski definition) is 4. The van der Waals surface area contributed by atoms with Gasteiger partial charge < -0.3 is 4.90 Å². The van der Waals surface area contributed by atoms with Gasteiger partial charge in [-0.2, -0.15) is 4.99 Å². The SMILES string of the molecule is CCc1cccc(CC)c1N1C(=NC(=O)C2CC2)S[C@@H]2CS(=O)(=O)C[C@@H]21. The van der Waals surface area contributed by atoms with Crippen molar-refractivity contribution in [3.8, 4) is 0 Å². The number of aliphatic imine (C=N–C) groups is 1. The molecule has 0 bridgehead atoms. The molecule has 1 aromatic rings. The zero-order valence-electron chi connectivity index (χ0n) is 15.1. The smallest absolute Gasteiger partial charge is 0.251 e. The zero-order chi connectivity index (χ0) is 18.5. The third kappa shape index (κ3) is 3.20. The molecule has 2 saturated heterocycles. The second-order valence-electron chi connectivity index (χ2n) is 7.31. The number of hydrogen-bond donors (Lipinski definition) is 0. The number of aryl methyl sites for hydroxylation is 2. The second-order valence-corrected chi connectivity index (χ2v) is 10.7. The molecule has 1 amide bonds. The molecule has 7 heteroatoms. The number of thioether (sulfide) groups is 1. The Labute approximate surface area is 159 Å². The number of carbonyl (C=O) groups excluding carboxylic acids is 1. The lowest BCUT2D eigenvalue weighted by Crippen LogP contribution is -2.39. The summed E-state index contributed by atoms with van der Waals surface area (Å²) in [5.41, 5.74) is 3.43. The highest BCUT2D eigenvalue weighted by molar-refractivity contribution is 8.16. The number of rotatable bonds is 4. The lowest BCUT2D eigenvalue weighted by atomic mass is 10.0. The van der Waals surface area contributed by atoms with Gasteiger partial charge in [0.2, 0.25) is 0 Å². The van der Waals surface area contributed by atoms with E-state index in [1.165, 1.54) is 22.9 Å². The van der Waals surface area contributed by atoms with Crippen LogP contribution < -0.4 is 4.90 Å². The third-order valence-electron chi connectivity index (χ3n) is 5.40. The van der Waals surface area contributed by atoms with Crippen molar-refractivity contribution in [3.05, 3.63) is 29.3 Å². The summed E-state index contributed by atoms with van der Waals surface area (Å²) in [6, 6.07) is 6.11. The zero-order valence-corrected chi connectivity index (χ0v) is 16.8. The van der Waals surface area contributed by atoms with E-state index >= 15 is 0 Å². The van der Waals surface area contributed by atoms with Gasteiger partial charge in [-0.15, -0.1) is 0 Å². The molecule has 3 fully saturated rings. The van der Waals surface area contributed by atoms with Gasteiger partial charge in [0.15, 0.2) is 15.0 Å². The van der Waals surface area contributed by atoms with E-state index in [0.717, 1.165) is 31.4 Å². The molecule has 1 aromatic carbocycles. The molecule has 0 N–H and O–H groups in total. The van der Waals surface area contributed by atoms with Crippen molar-refractivity contribution in [3.63, 3.8) is 0 Å². The van der Waals surface area contributed by atoms with E-state index in [0.29, 0.717) is 5.17 Å². The van der Waals surface area contributed by atoms with Crippen molar-refractivity contribution < 1.29 is 13.2 Å². The fraction of sp³-hybridized carbons (Fsp3) is 0.579. The predicted octanol–water partition coefficient (Wildman–Crippen LogP) is 2.82. The largest absolute Gasteiger partial charge is 0.315 e. The van der Waals surface area contributed by atoms with Crippen LogP contribution in [0.5, 0.6) is 0 Å². The topological polar surface area (TPSA) is 66.8 Å². The van der Waals surface area contributed by atoms with Crippen molar-refractivity contribution >= 4 is 38.4 Å². The minimum absolute atomic E-state index is 0.0413. The fourth-order valence-corrected chi connectivity index (χ4v) is 7.77. The number of amides is 1. The van der Waals surface area contributed by atoms with Gasteiger partial charge in [-0.3, -0.25) is 4.79 Å². The van der Waals surface area contributed by atoms with Crippen molar-refractivity contribution in [2.45, 2.75) is 50.8 Å². The van der Waals surface area contributed by atoms with E-state index in [4.69, 9.17) is 0 Å². The molecular formula is C19H24N2O3S2. The van der Waals surface area contributed by atoms with Crippen LogP contribution in [0.1, 0.15) is 37.8 Å². The molecule has 1 saturated carbocycles. The van der Waals surface area contributed by atoms with Crippen LogP contribution in [0.15, 0.2) is 23.2 Å². The van der Waals surface area contributed by atoms with Crippen LogP contribution in [0.25, 0.3) is 0 Å². The molecule has 4 rings (SSSR count). The Morgan fingerprint density at radius 1 is 1.19 bits per heavy atom. The van der Waals surface area contributed by atoms with Crippen molar-refractivity contribution in [2.75, 3.05) is 16.4 Å². The summed E-state index contributed by atoms with van der Waals surface area (Å²) in [5, 5.41) is 0.655. The van der Waals surface area contributed by atoms with Gasteiger partial charge in [-0.05, 0) is 36.8 Å². The normalized spacial score (nSPS) is 28.5.